The van der Waals surface area contributed by atoms with Gasteiger partial charge in [-0.3, -0.25) is 0 Å². The van der Waals surface area contributed by atoms with Gasteiger partial charge in [-0.1, -0.05) is 25.7 Å². The third-order valence-corrected chi connectivity index (χ3v) is 3.38. The highest BCUT2D eigenvalue weighted by molar-refractivity contribution is 6.76. The van der Waals surface area contributed by atoms with Crippen molar-refractivity contribution in [3.05, 3.63) is 0 Å². The fourth-order valence-corrected chi connectivity index (χ4v) is 2.08. The average Bonchev–Trinajstić information content (AvgIpc) is 1.94. The Bertz CT molecular complexity index is 104. The van der Waals surface area contributed by atoms with E-state index in [-0.39, 0.29) is 0 Å². The Balaban J connectivity index is 3.01. The fourth-order valence-electron chi connectivity index (χ4n) is 0.878. The first-order valence-electron chi connectivity index (χ1n) is 4.61. The zero-order chi connectivity index (χ0) is 9.45. The minimum atomic E-state index is -0.858. The first-order valence-corrected chi connectivity index (χ1v) is 8.32. The lowest BCUT2D eigenvalue weighted by molar-refractivity contribution is 0.0436. The maximum absolute atomic E-state index is 5.28. The molecule has 0 amide bonds. The third kappa shape index (κ3) is 10.1. The van der Waals surface area contributed by atoms with E-state index in [0.717, 1.165) is 19.6 Å². The second-order valence-corrected chi connectivity index (χ2v) is 9.82. The highest BCUT2D eigenvalue weighted by Crippen LogP contribution is 2.10. The standard InChI is InChI=1S/C8H22N2OSi/c1-12(2,3)8-4-7-11-10-6-5-9/h10H,4-9H2,1-3H3. The van der Waals surface area contributed by atoms with Gasteiger partial charge in [0.05, 0.1) is 6.61 Å². The highest BCUT2D eigenvalue weighted by atomic mass is 28.3. The van der Waals surface area contributed by atoms with Crippen LogP contribution in [-0.2, 0) is 4.84 Å². The normalized spacial score (nSPS) is 12.0. The van der Waals surface area contributed by atoms with Gasteiger partial charge in [-0.2, -0.15) is 0 Å². The first kappa shape index (κ1) is 12.1. The molecule has 0 aliphatic heterocycles. The zero-order valence-corrected chi connectivity index (χ0v) is 9.52. The number of nitrogens with two attached hydrogens (primary N) is 1. The van der Waals surface area contributed by atoms with Crippen molar-refractivity contribution >= 4 is 8.07 Å². The Morgan fingerprint density at radius 2 is 2.00 bits per heavy atom. The molecule has 0 radical (unpaired) electrons. The number of hydrogen-bond donors (Lipinski definition) is 2. The second kappa shape index (κ2) is 6.60. The van der Waals surface area contributed by atoms with Gasteiger partial charge in [0.25, 0.3) is 0 Å². The molecule has 3 nitrogen and oxygen atoms in total. The first-order chi connectivity index (χ1) is 5.56. The molecule has 0 saturated heterocycles. The van der Waals surface area contributed by atoms with Gasteiger partial charge >= 0.3 is 0 Å². The molecule has 4 heteroatoms. The molecule has 0 spiro atoms. The van der Waals surface area contributed by atoms with Crippen LogP contribution in [0.5, 0.6) is 0 Å². The van der Waals surface area contributed by atoms with Crippen LogP contribution in [0.3, 0.4) is 0 Å². The summed E-state index contributed by atoms with van der Waals surface area (Å²) in [5.74, 6) is 0. The molecule has 0 aliphatic rings. The van der Waals surface area contributed by atoms with E-state index in [1.54, 1.807) is 0 Å². The van der Waals surface area contributed by atoms with E-state index < -0.39 is 8.07 Å². The maximum atomic E-state index is 5.28. The van der Waals surface area contributed by atoms with Crippen LogP contribution < -0.4 is 11.2 Å². The molecule has 0 aromatic carbocycles. The Hall–Kier alpha value is 0.0969. The van der Waals surface area contributed by atoms with Gasteiger partial charge < -0.3 is 10.6 Å². The second-order valence-electron chi connectivity index (χ2n) is 4.20. The summed E-state index contributed by atoms with van der Waals surface area (Å²) in [4.78, 5) is 5.16. The molecule has 0 bridgehead atoms. The molecule has 0 atom stereocenters. The lowest BCUT2D eigenvalue weighted by Gasteiger charge is -2.14. The van der Waals surface area contributed by atoms with Crippen molar-refractivity contribution in [2.75, 3.05) is 19.7 Å². The van der Waals surface area contributed by atoms with Crippen LogP contribution in [-0.4, -0.2) is 27.8 Å². The molecule has 74 valence electrons. The van der Waals surface area contributed by atoms with Gasteiger partial charge in [0.1, 0.15) is 0 Å². The molecule has 0 saturated carbocycles. The lowest BCUT2D eigenvalue weighted by atomic mass is 10.5. The van der Waals surface area contributed by atoms with Crippen LogP contribution in [0.4, 0.5) is 0 Å². The van der Waals surface area contributed by atoms with Crippen molar-refractivity contribution < 1.29 is 4.84 Å². The molecule has 12 heavy (non-hydrogen) atoms. The van der Waals surface area contributed by atoms with E-state index in [1.165, 1.54) is 6.04 Å². The van der Waals surface area contributed by atoms with E-state index in [0.29, 0.717) is 6.54 Å². The van der Waals surface area contributed by atoms with Crippen molar-refractivity contribution in [3.63, 3.8) is 0 Å². The van der Waals surface area contributed by atoms with Gasteiger partial charge in [-0.15, -0.1) is 0 Å². The van der Waals surface area contributed by atoms with E-state index in [9.17, 15) is 0 Å². The molecule has 0 unspecified atom stereocenters. The topological polar surface area (TPSA) is 47.3 Å². The lowest BCUT2D eigenvalue weighted by Crippen LogP contribution is -2.24. The number of hydrogen-bond acceptors (Lipinski definition) is 3. The number of rotatable bonds is 7. The molecule has 0 rings (SSSR count). The van der Waals surface area contributed by atoms with E-state index >= 15 is 0 Å². The fraction of sp³-hybridized carbons (Fsp3) is 1.00. The average molecular weight is 190 g/mol. The molecule has 0 aliphatic carbocycles. The molecule has 3 N–H and O–H groups in total. The zero-order valence-electron chi connectivity index (χ0n) is 8.52. The molecular formula is C8H22N2OSi. The smallest absolute Gasteiger partial charge is 0.0679 e. The van der Waals surface area contributed by atoms with Crippen molar-refractivity contribution in [2.45, 2.75) is 32.1 Å². The van der Waals surface area contributed by atoms with E-state index in [1.807, 2.05) is 0 Å². The quantitative estimate of drug-likeness (QED) is 0.360. The van der Waals surface area contributed by atoms with Crippen molar-refractivity contribution in [1.29, 1.82) is 0 Å². The van der Waals surface area contributed by atoms with Gasteiger partial charge in [-0.25, -0.2) is 5.48 Å². The Morgan fingerprint density at radius 3 is 2.50 bits per heavy atom. The van der Waals surface area contributed by atoms with Gasteiger partial charge in [0.15, 0.2) is 0 Å². The summed E-state index contributed by atoms with van der Waals surface area (Å²) in [7, 11) is -0.858. The predicted octanol–water partition coefficient (Wildman–Crippen LogP) is 1.19. The van der Waals surface area contributed by atoms with E-state index in [4.69, 9.17) is 10.6 Å². The predicted molar refractivity (Wildman–Crippen MR) is 55.8 cm³/mol. The monoisotopic (exact) mass is 190 g/mol. The van der Waals surface area contributed by atoms with Gasteiger partial charge in [0.2, 0.25) is 0 Å². The third-order valence-electron chi connectivity index (χ3n) is 1.52. The summed E-state index contributed by atoms with van der Waals surface area (Å²) in [5, 5.41) is 0. The molecule has 0 heterocycles. The number of nitrogens with one attached hydrogen (secondary N) is 1. The molecular weight excluding hydrogens is 168 g/mol. The summed E-state index contributed by atoms with van der Waals surface area (Å²) in [5.41, 5.74) is 8.09. The molecule has 0 aromatic rings. The van der Waals surface area contributed by atoms with Gasteiger partial charge in [-0.05, 0) is 6.42 Å². The van der Waals surface area contributed by atoms with Crippen LogP contribution in [0.1, 0.15) is 6.42 Å². The largest absolute Gasteiger partial charge is 0.329 e. The van der Waals surface area contributed by atoms with Crippen LogP contribution in [0, 0.1) is 0 Å². The van der Waals surface area contributed by atoms with Crippen LogP contribution in [0.25, 0.3) is 0 Å². The van der Waals surface area contributed by atoms with Crippen molar-refractivity contribution in [1.82, 2.24) is 5.48 Å². The highest BCUT2D eigenvalue weighted by Gasteiger charge is 2.11. The molecule has 0 aromatic heterocycles. The van der Waals surface area contributed by atoms with Crippen LogP contribution in [0.2, 0.25) is 25.7 Å². The summed E-state index contributed by atoms with van der Waals surface area (Å²) in [6.45, 7) is 9.31. The molecule has 0 fully saturated rings. The van der Waals surface area contributed by atoms with E-state index in [2.05, 4.69) is 25.1 Å². The Morgan fingerprint density at radius 1 is 1.33 bits per heavy atom. The SMILES string of the molecule is C[Si](C)(C)CCCONCCN. The summed E-state index contributed by atoms with van der Waals surface area (Å²) >= 11 is 0. The Kier molecular flexibility index (Phi) is 6.65. The summed E-state index contributed by atoms with van der Waals surface area (Å²) in [6.07, 6.45) is 1.16. The van der Waals surface area contributed by atoms with Crippen LogP contribution in [0.15, 0.2) is 0 Å². The minimum Gasteiger partial charge on any atom is -0.329 e. The summed E-state index contributed by atoms with van der Waals surface area (Å²) < 4.78 is 0. The maximum Gasteiger partial charge on any atom is 0.0679 e. The number of hydroxylamine groups is 1. The van der Waals surface area contributed by atoms with Crippen LogP contribution >= 0.6 is 0 Å². The van der Waals surface area contributed by atoms with Gasteiger partial charge in [0, 0.05) is 21.2 Å². The summed E-state index contributed by atoms with van der Waals surface area (Å²) in [6, 6.07) is 1.33. The van der Waals surface area contributed by atoms with Crippen molar-refractivity contribution in [3.8, 4) is 0 Å². The Labute approximate surface area is 76.6 Å². The van der Waals surface area contributed by atoms with Crippen molar-refractivity contribution in [2.24, 2.45) is 5.73 Å². The minimum absolute atomic E-state index is 0.633.